The van der Waals surface area contributed by atoms with Crippen LogP contribution in [0.3, 0.4) is 0 Å². The van der Waals surface area contributed by atoms with Gasteiger partial charge < -0.3 is 5.32 Å². The van der Waals surface area contributed by atoms with E-state index in [1.807, 2.05) is 0 Å². The Morgan fingerprint density at radius 3 is 1.39 bits per heavy atom. The van der Waals surface area contributed by atoms with E-state index in [0.29, 0.717) is 0 Å². The van der Waals surface area contributed by atoms with Crippen molar-refractivity contribution in [1.29, 1.82) is 0 Å². The van der Waals surface area contributed by atoms with E-state index in [9.17, 15) is 0 Å². The molecule has 107 valence electrons. The SMILES string of the molecule is [Y].c1ccc2cc3c(cc2c1)Cc1cc2ccccc2cc1[N-]3. The molecule has 4 aromatic rings. The summed E-state index contributed by atoms with van der Waals surface area (Å²) in [5.74, 6) is 0. The molecule has 4 aromatic carbocycles. The maximum Gasteiger partial charge on any atom is 0 e. The van der Waals surface area contributed by atoms with Crippen LogP contribution in [0, 0.1) is 0 Å². The molecule has 1 aliphatic rings. The van der Waals surface area contributed by atoms with Gasteiger partial charge in [-0.15, -0.1) is 11.4 Å². The second-order valence-electron chi connectivity index (χ2n) is 5.94. The topological polar surface area (TPSA) is 14.1 Å². The van der Waals surface area contributed by atoms with Crippen LogP contribution in [0.1, 0.15) is 11.1 Å². The van der Waals surface area contributed by atoms with Crippen molar-refractivity contribution >= 4 is 32.9 Å². The van der Waals surface area contributed by atoms with Crippen molar-refractivity contribution < 1.29 is 32.7 Å². The summed E-state index contributed by atoms with van der Waals surface area (Å²) in [5.41, 5.74) is 4.87. The number of hydrogen-bond acceptors (Lipinski definition) is 0. The van der Waals surface area contributed by atoms with Crippen LogP contribution < -0.4 is 0 Å². The first-order valence-corrected chi connectivity index (χ1v) is 7.62. The van der Waals surface area contributed by atoms with Crippen molar-refractivity contribution in [3.05, 3.63) is 89.2 Å². The molecule has 0 amide bonds. The van der Waals surface area contributed by atoms with Crippen LogP contribution in [0.2, 0.25) is 0 Å². The van der Waals surface area contributed by atoms with Crippen LogP contribution in [0.15, 0.2) is 72.8 Å². The molecule has 0 bridgehead atoms. The average Bonchev–Trinajstić information content (AvgIpc) is 2.56. The van der Waals surface area contributed by atoms with Crippen LogP contribution in [-0.2, 0) is 39.1 Å². The van der Waals surface area contributed by atoms with Crippen LogP contribution in [-0.4, -0.2) is 0 Å². The Balaban J connectivity index is 0.00000135. The first-order chi connectivity index (χ1) is 10.9. The third-order valence-corrected chi connectivity index (χ3v) is 4.52. The summed E-state index contributed by atoms with van der Waals surface area (Å²) in [7, 11) is 0. The molecule has 0 atom stereocenters. The summed E-state index contributed by atoms with van der Waals surface area (Å²) in [6.45, 7) is 0. The normalized spacial score (nSPS) is 12.2. The quantitative estimate of drug-likeness (QED) is 0.307. The fourth-order valence-corrected chi connectivity index (χ4v) is 3.38. The fourth-order valence-electron chi connectivity index (χ4n) is 3.38. The number of fused-ring (bicyclic) bond motifs is 4. The fraction of sp³-hybridized carbons (Fsp3) is 0.0476. The minimum absolute atomic E-state index is 0. The van der Waals surface area contributed by atoms with Gasteiger partial charge in [-0.05, 0) is 28.0 Å². The van der Waals surface area contributed by atoms with E-state index in [4.69, 9.17) is 5.32 Å². The first-order valence-electron chi connectivity index (χ1n) is 7.62. The van der Waals surface area contributed by atoms with E-state index in [2.05, 4.69) is 72.8 Å². The zero-order chi connectivity index (χ0) is 14.5. The Morgan fingerprint density at radius 2 is 0.957 bits per heavy atom. The molecular formula is C21H14NY-. The van der Waals surface area contributed by atoms with Crippen molar-refractivity contribution in [2.45, 2.75) is 6.42 Å². The molecule has 1 nitrogen and oxygen atoms in total. The van der Waals surface area contributed by atoms with Crippen molar-refractivity contribution in [3.63, 3.8) is 0 Å². The van der Waals surface area contributed by atoms with E-state index in [0.717, 1.165) is 17.8 Å². The molecule has 23 heavy (non-hydrogen) atoms. The largest absolute Gasteiger partial charge is 0.657 e. The van der Waals surface area contributed by atoms with E-state index >= 15 is 0 Å². The summed E-state index contributed by atoms with van der Waals surface area (Å²) in [6, 6.07) is 26.0. The Hall–Kier alpha value is -1.70. The molecule has 0 saturated carbocycles. The Morgan fingerprint density at radius 1 is 0.565 bits per heavy atom. The van der Waals surface area contributed by atoms with Gasteiger partial charge in [-0.1, -0.05) is 83.9 Å². The summed E-state index contributed by atoms with van der Waals surface area (Å²) >= 11 is 0. The van der Waals surface area contributed by atoms with Gasteiger partial charge in [0.15, 0.2) is 0 Å². The summed E-state index contributed by atoms with van der Waals surface area (Å²) in [5, 5.41) is 10.0. The van der Waals surface area contributed by atoms with E-state index in [1.165, 1.54) is 32.7 Å². The standard InChI is InChI=1S/C21H14N.Y/c1-3-7-16-12-20-18(9-14(16)5-1)11-19-10-15-6-2-4-8-17(15)13-21(19)22-20;/h1-10,12-13H,11H2;/q-1;. The van der Waals surface area contributed by atoms with Gasteiger partial charge in [-0.3, -0.25) is 0 Å². The van der Waals surface area contributed by atoms with Gasteiger partial charge in [0.05, 0.1) is 0 Å². The zero-order valence-corrected chi connectivity index (χ0v) is 15.5. The number of benzene rings is 4. The molecular weight excluding hydrogens is 355 g/mol. The molecule has 1 radical (unpaired) electrons. The molecule has 0 aromatic heterocycles. The van der Waals surface area contributed by atoms with Gasteiger partial charge in [-0.2, -0.15) is 0 Å². The predicted molar refractivity (Wildman–Crippen MR) is 93.4 cm³/mol. The van der Waals surface area contributed by atoms with Gasteiger partial charge in [-0.25, -0.2) is 0 Å². The van der Waals surface area contributed by atoms with E-state index in [1.54, 1.807) is 0 Å². The molecule has 0 aliphatic carbocycles. The molecule has 0 unspecified atom stereocenters. The Labute approximate surface area is 160 Å². The van der Waals surface area contributed by atoms with Gasteiger partial charge in [0, 0.05) is 32.7 Å². The second-order valence-corrected chi connectivity index (χ2v) is 5.94. The number of nitrogens with zero attached hydrogens (tertiary/aromatic N) is 1. The van der Waals surface area contributed by atoms with Gasteiger partial charge >= 0.3 is 0 Å². The average molecular weight is 369 g/mol. The maximum atomic E-state index is 4.91. The Bertz CT molecular complexity index is 870. The van der Waals surface area contributed by atoms with Gasteiger partial charge in [0.1, 0.15) is 0 Å². The molecule has 0 N–H and O–H groups in total. The monoisotopic (exact) mass is 369 g/mol. The van der Waals surface area contributed by atoms with Gasteiger partial charge in [0.2, 0.25) is 0 Å². The van der Waals surface area contributed by atoms with Crippen molar-refractivity contribution in [3.8, 4) is 0 Å². The smallest absolute Gasteiger partial charge is 0 e. The molecule has 5 rings (SSSR count). The van der Waals surface area contributed by atoms with E-state index in [-0.39, 0.29) is 32.7 Å². The first kappa shape index (κ1) is 14.9. The van der Waals surface area contributed by atoms with Crippen LogP contribution in [0.4, 0.5) is 11.4 Å². The summed E-state index contributed by atoms with van der Waals surface area (Å²) in [6.07, 6.45) is 0.962. The summed E-state index contributed by atoms with van der Waals surface area (Å²) < 4.78 is 0. The number of hydrogen-bond donors (Lipinski definition) is 0. The number of rotatable bonds is 0. The van der Waals surface area contributed by atoms with Crippen molar-refractivity contribution in [1.82, 2.24) is 0 Å². The maximum absolute atomic E-state index is 4.91. The zero-order valence-electron chi connectivity index (χ0n) is 12.7. The molecule has 0 spiro atoms. The molecule has 1 heterocycles. The van der Waals surface area contributed by atoms with Crippen LogP contribution in [0.25, 0.3) is 26.9 Å². The molecule has 1 aliphatic heterocycles. The Kier molecular flexibility index (Phi) is 3.71. The molecule has 0 fully saturated rings. The third-order valence-electron chi connectivity index (χ3n) is 4.52. The summed E-state index contributed by atoms with van der Waals surface area (Å²) in [4.78, 5) is 0. The predicted octanol–water partition coefficient (Wildman–Crippen LogP) is 6.23. The van der Waals surface area contributed by atoms with Crippen molar-refractivity contribution in [2.24, 2.45) is 0 Å². The third kappa shape index (κ3) is 2.49. The van der Waals surface area contributed by atoms with Crippen LogP contribution >= 0.6 is 0 Å². The van der Waals surface area contributed by atoms with Crippen LogP contribution in [0.5, 0.6) is 0 Å². The van der Waals surface area contributed by atoms with Crippen molar-refractivity contribution in [2.75, 3.05) is 0 Å². The minimum atomic E-state index is 0. The second kappa shape index (κ2) is 5.74. The van der Waals surface area contributed by atoms with E-state index < -0.39 is 0 Å². The van der Waals surface area contributed by atoms with Gasteiger partial charge in [0.25, 0.3) is 0 Å². The molecule has 0 saturated heterocycles. The minimum Gasteiger partial charge on any atom is -0.657 e. The molecule has 2 heteroatoms.